The van der Waals surface area contributed by atoms with Crippen LogP contribution in [0.1, 0.15) is 27.2 Å². The van der Waals surface area contributed by atoms with Crippen molar-refractivity contribution >= 4 is 15.7 Å². The molecular weight excluding hydrogens is 240 g/mol. The molecule has 0 aromatic heterocycles. The van der Waals surface area contributed by atoms with E-state index in [2.05, 4.69) is 5.32 Å². The predicted molar refractivity (Wildman–Crippen MR) is 67.6 cm³/mol. The number of nitrogens with one attached hydrogen (secondary N) is 1. The largest absolute Gasteiger partial charge is 0.350 e. The second-order valence-electron chi connectivity index (χ2n) is 5.77. The minimum Gasteiger partial charge on any atom is -0.350 e. The highest BCUT2D eigenvalue weighted by Crippen LogP contribution is 2.16. The molecular formula is C11H22N2O3S. The SMILES string of the molecule is CN(CC(=O)NC(C)(C)C)C1CCS(=O)(=O)C1. The molecule has 0 saturated carbocycles. The van der Waals surface area contributed by atoms with E-state index in [9.17, 15) is 13.2 Å². The second-order valence-corrected chi connectivity index (χ2v) is 8.00. The van der Waals surface area contributed by atoms with Crippen LogP contribution in [0.25, 0.3) is 0 Å². The lowest BCUT2D eigenvalue weighted by Crippen LogP contribution is -2.47. The number of likely N-dealkylation sites (N-methyl/N-ethyl adjacent to an activating group) is 1. The first-order valence-corrected chi connectivity index (χ1v) is 7.63. The predicted octanol–water partition coefficient (Wildman–Crippen LogP) is 0.0200. The maximum Gasteiger partial charge on any atom is 0.234 e. The van der Waals surface area contributed by atoms with Crippen molar-refractivity contribution < 1.29 is 13.2 Å². The fourth-order valence-corrected chi connectivity index (χ4v) is 3.74. The molecule has 1 amide bonds. The Kier molecular flexibility index (Phi) is 4.19. The highest BCUT2D eigenvalue weighted by atomic mass is 32.2. The van der Waals surface area contributed by atoms with E-state index in [-0.39, 0.29) is 35.5 Å². The molecule has 1 N–H and O–H groups in total. The molecule has 17 heavy (non-hydrogen) atoms. The molecule has 1 saturated heterocycles. The molecule has 0 bridgehead atoms. The van der Waals surface area contributed by atoms with E-state index >= 15 is 0 Å². The van der Waals surface area contributed by atoms with Gasteiger partial charge in [0.15, 0.2) is 9.84 Å². The van der Waals surface area contributed by atoms with Gasteiger partial charge in [-0.15, -0.1) is 0 Å². The van der Waals surface area contributed by atoms with Crippen LogP contribution in [0.4, 0.5) is 0 Å². The first kappa shape index (κ1) is 14.4. The van der Waals surface area contributed by atoms with Crippen LogP contribution in [-0.2, 0) is 14.6 Å². The quantitative estimate of drug-likeness (QED) is 0.778. The lowest BCUT2D eigenvalue weighted by molar-refractivity contribution is -0.123. The molecule has 6 heteroatoms. The molecule has 1 unspecified atom stereocenters. The Morgan fingerprint density at radius 3 is 2.41 bits per heavy atom. The van der Waals surface area contributed by atoms with Gasteiger partial charge in [0.2, 0.25) is 5.91 Å². The second kappa shape index (κ2) is 4.94. The highest BCUT2D eigenvalue weighted by Gasteiger charge is 2.31. The first-order chi connectivity index (χ1) is 7.59. The third kappa shape index (κ3) is 5.04. The molecule has 0 aromatic rings. The van der Waals surface area contributed by atoms with Crippen LogP contribution in [0.3, 0.4) is 0 Å². The van der Waals surface area contributed by atoms with Gasteiger partial charge in [-0.05, 0) is 34.2 Å². The lowest BCUT2D eigenvalue weighted by atomic mass is 10.1. The molecule has 0 aromatic carbocycles. The average Bonchev–Trinajstić information content (AvgIpc) is 2.42. The minimum absolute atomic E-state index is 0.0225. The summed E-state index contributed by atoms with van der Waals surface area (Å²) in [6.45, 7) is 6.01. The van der Waals surface area contributed by atoms with E-state index in [0.29, 0.717) is 6.42 Å². The van der Waals surface area contributed by atoms with E-state index in [1.807, 2.05) is 25.7 Å². The summed E-state index contributed by atoms with van der Waals surface area (Å²) in [4.78, 5) is 13.5. The van der Waals surface area contributed by atoms with Gasteiger partial charge in [0.05, 0.1) is 18.1 Å². The Balaban J connectivity index is 2.45. The van der Waals surface area contributed by atoms with Gasteiger partial charge < -0.3 is 5.32 Å². The van der Waals surface area contributed by atoms with E-state index in [0.717, 1.165) is 0 Å². The van der Waals surface area contributed by atoms with Crippen LogP contribution in [0.2, 0.25) is 0 Å². The van der Waals surface area contributed by atoms with Crippen molar-refractivity contribution in [1.29, 1.82) is 0 Å². The van der Waals surface area contributed by atoms with Crippen molar-refractivity contribution in [3.8, 4) is 0 Å². The van der Waals surface area contributed by atoms with Gasteiger partial charge >= 0.3 is 0 Å². The van der Waals surface area contributed by atoms with Crippen molar-refractivity contribution in [2.75, 3.05) is 25.1 Å². The zero-order chi connectivity index (χ0) is 13.3. The van der Waals surface area contributed by atoms with Gasteiger partial charge in [0.25, 0.3) is 0 Å². The summed E-state index contributed by atoms with van der Waals surface area (Å²) in [5, 5.41) is 2.86. The van der Waals surface area contributed by atoms with Crippen molar-refractivity contribution in [1.82, 2.24) is 10.2 Å². The molecule has 0 radical (unpaired) electrons. The third-order valence-electron chi connectivity index (χ3n) is 2.74. The van der Waals surface area contributed by atoms with Crippen LogP contribution in [0.15, 0.2) is 0 Å². The van der Waals surface area contributed by atoms with Crippen molar-refractivity contribution in [3.05, 3.63) is 0 Å². The summed E-state index contributed by atoms with van der Waals surface area (Å²) in [5.74, 6) is 0.346. The molecule has 1 aliphatic heterocycles. The van der Waals surface area contributed by atoms with Crippen LogP contribution in [0.5, 0.6) is 0 Å². The van der Waals surface area contributed by atoms with E-state index in [1.54, 1.807) is 7.05 Å². The van der Waals surface area contributed by atoms with Crippen LogP contribution in [0, 0.1) is 0 Å². The number of hydrogen-bond donors (Lipinski definition) is 1. The number of hydrogen-bond acceptors (Lipinski definition) is 4. The van der Waals surface area contributed by atoms with Crippen molar-refractivity contribution in [2.45, 2.75) is 38.8 Å². The van der Waals surface area contributed by atoms with Gasteiger partial charge in [-0.1, -0.05) is 0 Å². The Morgan fingerprint density at radius 1 is 1.41 bits per heavy atom. The third-order valence-corrected chi connectivity index (χ3v) is 4.49. The Hall–Kier alpha value is -0.620. The highest BCUT2D eigenvalue weighted by molar-refractivity contribution is 7.91. The molecule has 1 atom stereocenters. The lowest BCUT2D eigenvalue weighted by Gasteiger charge is -2.26. The van der Waals surface area contributed by atoms with Crippen LogP contribution in [-0.4, -0.2) is 55.9 Å². The molecule has 0 aliphatic carbocycles. The topological polar surface area (TPSA) is 66.5 Å². The summed E-state index contributed by atoms with van der Waals surface area (Å²) in [5.41, 5.74) is -0.250. The maximum atomic E-state index is 11.7. The van der Waals surface area contributed by atoms with E-state index in [1.165, 1.54) is 0 Å². The van der Waals surface area contributed by atoms with Gasteiger partial charge in [0.1, 0.15) is 0 Å². The van der Waals surface area contributed by atoms with E-state index in [4.69, 9.17) is 0 Å². The molecule has 1 fully saturated rings. The molecule has 1 aliphatic rings. The Bertz CT molecular complexity index is 384. The Morgan fingerprint density at radius 2 is 2.00 bits per heavy atom. The van der Waals surface area contributed by atoms with Gasteiger partial charge in [0, 0.05) is 11.6 Å². The number of carbonyl (C=O) groups is 1. The smallest absolute Gasteiger partial charge is 0.234 e. The number of sulfone groups is 1. The number of carbonyl (C=O) groups excluding carboxylic acids is 1. The zero-order valence-corrected chi connectivity index (χ0v) is 11.8. The monoisotopic (exact) mass is 262 g/mol. The van der Waals surface area contributed by atoms with Gasteiger partial charge in [-0.25, -0.2) is 8.42 Å². The van der Waals surface area contributed by atoms with Gasteiger partial charge in [-0.3, -0.25) is 9.69 Å². The van der Waals surface area contributed by atoms with Gasteiger partial charge in [-0.2, -0.15) is 0 Å². The molecule has 100 valence electrons. The normalized spacial score (nSPS) is 23.9. The van der Waals surface area contributed by atoms with E-state index < -0.39 is 9.84 Å². The molecule has 5 nitrogen and oxygen atoms in total. The number of rotatable bonds is 3. The minimum atomic E-state index is -2.88. The van der Waals surface area contributed by atoms with Crippen LogP contribution >= 0.6 is 0 Å². The van der Waals surface area contributed by atoms with Crippen molar-refractivity contribution in [2.24, 2.45) is 0 Å². The average molecular weight is 262 g/mol. The maximum absolute atomic E-state index is 11.7. The fourth-order valence-electron chi connectivity index (χ4n) is 1.94. The molecule has 0 spiro atoms. The van der Waals surface area contributed by atoms with Crippen molar-refractivity contribution in [3.63, 3.8) is 0 Å². The standard InChI is InChI=1S/C11H22N2O3S/c1-11(2,3)12-10(14)7-13(4)9-5-6-17(15,16)8-9/h9H,5-8H2,1-4H3,(H,12,14). The number of nitrogens with zero attached hydrogens (tertiary/aromatic N) is 1. The van der Waals surface area contributed by atoms with Crippen LogP contribution < -0.4 is 5.32 Å². The summed E-state index contributed by atoms with van der Waals surface area (Å²) < 4.78 is 22.7. The summed E-state index contributed by atoms with van der Waals surface area (Å²) >= 11 is 0. The summed E-state index contributed by atoms with van der Waals surface area (Å²) in [7, 11) is -1.09. The fraction of sp³-hybridized carbons (Fsp3) is 0.909. The summed E-state index contributed by atoms with van der Waals surface area (Å²) in [6, 6.07) is -0.0225. The molecule has 1 heterocycles. The zero-order valence-electron chi connectivity index (χ0n) is 11.0. The Labute approximate surface area is 103 Å². The number of amides is 1. The first-order valence-electron chi connectivity index (χ1n) is 5.81. The summed E-state index contributed by atoms with van der Waals surface area (Å²) in [6.07, 6.45) is 0.627. The molecule has 1 rings (SSSR count).